The second kappa shape index (κ2) is 7.91. The summed E-state index contributed by atoms with van der Waals surface area (Å²) >= 11 is 0. The molecule has 0 amide bonds. The first-order valence-electron chi connectivity index (χ1n) is 10.4. The van der Waals surface area contributed by atoms with Gasteiger partial charge in [-0.2, -0.15) is 13.2 Å². The normalized spacial score (nSPS) is 19.1. The Labute approximate surface area is 186 Å². The van der Waals surface area contributed by atoms with E-state index < -0.39 is 35.0 Å². The van der Waals surface area contributed by atoms with Crippen molar-refractivity contribution in [3.8, 4) is 17.0 Å². The Kier molecular flexibility index (Phi) is 5.47. The third kappa shape index (κ3) is 4.08. The number of nitrogens with zero attached hydrogens (tertiary/aromatic N) is 1. The highest BCUT2D eigenvalue weighted by Crippen LogP contribution is 2.52. The molecule has 1 atom stereocenters. The number of carbonyl (C=O) groups excluding carboxylic acids is 2. The van der Waals surface area contributed by atoms with E-state index in [1.165, 1.54) is 0 Å². The number of carbonyl (C=O) groups is 2. The summed E-state index contributed by atoms with van der Waals surface area (Å²) in [5, 5.41) is 10.5. The van der Waals surface area contributed by atoms with Gasteiger partial charge < -0.3 is 25.5 Å². The lowest BCUT2D eigenvalue weighted by atomic mass is 10.00. The van der Waals surface area contributed by atoms with Crippen molar-refractivity contribution in [3.05, 3.63) is 45.7 Å². The van der Waals surface area contributed by atoms with Crippen molar-refractivity contribution in [3.63, 3.8) is 0 Å². The molecule has 0 radical (unpaired) electrons. The van der Waals surface area contributed by atoms with Gasteiger partial charge in [-0.15, -0.1) is 0 Å². The van der Waals surface area contributed by atoms with Crippen molar-refractivity contribution >= 4 is 17.6 Å². The van der Waals surface area contributed by atoms with Crippen LogP contribution in [-0.4, -0.2) is 47.3 Å². The number of nitrogens with one attached hydrogen (secondary N) is 1. The third-order valence-corrected chi connectivity index (χ3v) is 6.39. The molecular formula is C22H22F3N3O5. The van der Waals surface area contributed by atoms with E-state index in [1.54, 1.807) is 19.1 Å². The summed E-state index contributed by atoms with van der Waals surface area (Å²) in [5.74, 6) is -5.49. The minimum atomic E-state index is -5.42. The number of anilines is 1. The van der Waals surface area contributed by atoms with E-state index in [1.807, 2.05) is 12.1 Å². The Morgan fingerprint density at radius 3 is 2.42 bits per heavy atom. The van der Waals surface area contributed by atoms with Gasteiger partial charge in [0, 0.05) is 35.8 Å². The van der Waals surface area contributed by atoms with Gasteiger partial charge in [-0.25, -0.2) is 9.59 Å². The molecule has 0 bridgehead atoms. The maximum atomic E-state index is 12.4. The van der Waals surface area contributed by atoms with E-state index in [-0.39, 0.29) is 29.1 Å². The van der Waals surface area contributed by atoms with Crippen molar-refractivity contribution in [2.45, 2.75) is 38.4 Å². The average Bonchev–Trinajstić information content (AvgIpc) is 3.45. The zero-order valence-electron chi connectivity index (χ0n) is 17.7. The first-order valence-corrected chi connectivity index (χ1v) is 10.4. The van der Waals surface area contributed by atoms with Gasteiger partial charge in [0.1, 0.15) is 5.75 Å². The highest BCUT2D eigenvalue weighted by molar-refractivity contribution is 6.00. The highest BCUT2D eigenvalue weighted by Gasteiger charge is 2.53. The molecule has 2 fully saturated rings. The number of esters is 2. The van der Waals surface area contributed by atoms with Crippen LogP contribution in [0.1, 0.15) is 35.7 Å². The largest absolute Gasteiger partial charge is 0.506 e. The van der Waals surface area contributed by atoms with Crippen LogP contribution in [0.2, 0.25) is 0 Å². The summed E-state index contributed by atoms with van der Waals surface area (Å²) < 4.78 is 40.9. The lowest BCUT2D eigenvalue weighted by Crippen LogP contribution is -2.30. The molecule has 1 aliphatic carbocycles. The van der Waals surface area contributed by atoms with Crippen molar-refractivity contribution in [2.24, 2.45) is 11.1 Å². The van der Waals surface area contributed by atoms with Crippen LogP contribution < -0.4 is 16.2 Å². The zero-order chi connectivity index (χ0) is 24.1. The number of aromatic nitrogens is 1. The smallest absolute Gasteiger partial charge is 0.491 e. The lowest BCUT2D eigenvalue weighted by Gasteiger charge is -2.19. The second-order valence-corrected chi connectivity index (χ2v) is 8.46. The first kappa shape index (κ1) is 22.8. The third-order valence-electron chi connectivity index (χ3n) is 6.39. The Morgan fingerprint density at radius 1 is 1.27 bits per heavy atom. The molecule has 1 aliphatic heterocycles. The van der Waals surface area contributed by atoms with E-state index in [0.717, 1.165) is 31.6 Å². The van der Waals surface area contributed by atoms with Gasteiger partial charge >= 0.3 is 18.1 Å². The minimum absolute atomic E-state index is 0.119. The summed E-state index contributed by atoms with van der Waals surface area (Å²) in [6, 6.07) is 7.28. The second-order valence-electron chi connectivity index (χ2n) is 8.46. The molecule has 1 aromatic carbocycles. The fraction of sp³-hybridized carbons (Fsp3) is 0.409. The van der Waals surface area contributed by atoms with Crippen LogP contribution in [0.3, 0.4) is 0 Å². The van der Waals surface area contributed by atoms with Crippen LogP contribution in [0.25, 0.3) is 11.3 Å². The molecule has 8 nitrogen and oxygen atoms in total. The van der Waals surface area contributed by atoms with Crippen LogP contribution in [0, 0.1) is 5.41 Å². The van der Waals surface area contributed by atoms with Gasteiger partial charge in [0.2, 0.25) is 0 Å². The molecule has 176 valence electrons. The molecule has 11 heteroatoms. The number of H-pyrrole nitrogens is 1. The highest BCUT2D eigenvalue weighted by atomic mass is 19.4. The number of hydrogen-bond donors (Lipinski definition) is 3. The molecule has 2 heterocycles. The predicted octanol–water partition coefficient (Wildman–Crippen LogP) is 2.48. The molecule has 4 N–H and O–H groups in total. The minimum Gasteiger partial charge on any atom is -0.506 e. The Hall–Kier alpha value is -3.34. The molecule has 1 aromatic heterocycles. The molecule has 1 unspecified atom stereocenters. The van der Waals surface area contributed by atoms with Gasteiger partial charge in [-0.05, 0) is 37.0 Å². The number of nitrogens with two attached hydrogens (primary N) is 1. The van der Waals surface area contributed by atoms with Crippen molar-refractivity contribution in [2.75, 3.05) is 18.0 Å². The van der Waals surface area contributed by atoms with Gasteiger partial charge in [0.15, 0.2) is 5.56 Å². The van der Waals surface area contributed by atoms with Gasteiger partial charge in [0.25, 0.3) is 5.56 Å². The van der Waals surface area contributed by atoms with Gasteiger partial charge in [-0.3, -0.25) is 4.79 Å². The first-order chi connectivity index (χ1) is 15.5. The molecule has 1 saturated carbocycles. The van der Waals surface area contributed by atoms with Gasteiger partial charge in [-0.1, -0.05) is 19.1 Å². The maximum Gasteiger partial charge on any atom is 0.491 e. The lowest BCUT2D eigenvalue weighted by molar-refractivity contribution is -0.193. The fourth-order valence-electron chi connectivity index (χ4n) is 4.32. The summed E-state index contributed by atoms with van der Waals surface area (Å²) in [6.45, 7) is 3.24. The predicted molar refractivity (Wildman–Crippen MR) is 112 cm³/mol. The quantitative estimate of drug-likeness (QED) is 0.468. The van der Waals surface area contributed by atoms with E-state index in [4.69, 9.17) is 5.73 Å². The monoisotopic (exact) mass is 465 g/mol. The number of aromatic amines is 1. The van der Waals surface area contributed by atoms with Crippen LogP contribution >= 0.6 is 0 Å². The SMILES string of the molecule is CCc1c(-c2ccc(N3CC(N)C4(CC4)C3)cc2)[nH]c(=O)c(C(=O)OC(=O)C(F)(F)F)c1O. The fourth-order valence-corrected chi connectivity index (χ4v) is 4.32. The van der Waals surface area contributed by atoms with Crippen molar-refractivity contribution in [1.29, 1.82) is 0 Å². The summed E-state index contributed by atoms with van der Waals surface area (Å²) in [6.07, 6.45) is -3.05. The summed E-state index contributed by atoms with van der Waals surface area (Å²) in [4.78, 5) is 40.0. The average molecular weight is 465 g/mol. The number of alkyl halides is 3. The molecule has 1 saturated heterocycles. The van der Waals surface area contributed by atoms with E-state index in [9.17, 15) is 32.7 Å². The summed E-state index contributed by atoms with van der Waals surface area (Å²) in [7, 11) is 0. The number of hydrogen-bond acceptors (Lipinski definition) is 7. The molecule has 2 aliphatic rings. The Morgan fingerprint density at radius 2 is 1.91 bits per heavy atom. The Balaban J connectivity index is 1.63. The van der Waals surface area contributed by atoms with Crippen LogP contribution in [0.5, 0.6) is 5.75 Å². The van der Waals surface area contributed by atoms with Gasteiger partial charge in [0.05, 0.1) is 5.69 Å². The zero-order valence-corrected chi connectivity index (χ0v) is 17.7. The van der Waals surface area contributed by atoms with E-state index in [0.29, 0.717) is 5.56 Å². The number of pyridine rings is 1. The number of ether oxygens (including phenoxy) is 1. The maximum absolute atomic E-state index is 12.4. The van der Waals surface area contributed by atoms with Crippen molar-refractivity contribution in [1.82, 2.24) is 4.98 Å². The molecule has 33 heavy (non-hydrogen) atoms. The standard InChI is InChI=1S/C22H22F3N3O5/c1-2-13-16(27-18(30)15(17(13)29)19(31)33-20(32)22(23,24)25)11-3-5-12(6-4-11)28-9-14(26)21(10-28)7-8-21/h3-6,14H,2,7-10,26H2,1H3,(H2,27,29,30). The van der Waals surface area contributed by atoms with Crippen LogP contribution in [-0.2, 0) is 16.0 Å². The summed E-state index contributed by atoms with van der Waals surface area (Å²) in [5.41, 5.74) is 6.02. The molecule has 1 spiro atoms. The number of aromatic hydroxyl groups is 1. The number of rotatable bonds is 4. The van der Waals surface area contributed by atoms with E-state index >= 15 is 0 Å². The van der Waals surface area contributed by atoms with Crippen LogP contribution in [0.4, 0.5) is 18.9 Å². The van der Waals surface area contributed by atoms with Crippen LogP contribution in [0.15, 0.2) is 29.1 Å². The van der Waals surface area contributed by atoms with E-state index in [2.05, 4.69) is 14.6 Å². The van der Waals surface area contributed by atoms with Crippen molar-refractivity contribution < 1.29 is 32.6 Å². The molecule has 2 aromatic rings. The molecule has 4 rings (SSSR count). The topological polar surface area (TPSA) is 126 Å². The Bertz CT molecular complexity index is 1170. The number of halogens is 3. The number of benzene rings is 1. The molecular weight excluding hydrogens is 443 g/mol.